The Morgan fingerprint density at radius 3 is 2.57 bits per heavy atom. The third-order valence-electron chi connectivity index (χ3n) is 4.60. The molecule has 1 fully saturated rings. The summed E-state index contributed by atoms with van der Waals surface area (Å²) in [5.74, 6) is -0.611. The molecule has 4 heteroatoms. The maximum atomic E-state index is 11.6. The van der Waals surface area contributed by atoms with Crippen molar-refractivity contribution in [3.8, 4) is 0 Å². The van der Waals surface area contributed by atoms with Gasteiger partial charge in [0.2, 0.25) is 0 Å². The van der Waals surface area contributed by atoms with E-state index in [4.69, 9.17) is 0 Å². The number of rotatable bonds is 5. The van der Waals surface area contributed by atoms with E-state index in [0.717, 1.165) is 49.8 Å². The van der Waals surface area contributed by atoms with Crippen molar-refractivity contribution in [2.24, 2.45) is 5.41 Å². The lowest BCUT2D eigenvalue weighted by Gasteiger charge is -2.39. The third-order valence-corrected chi connectivity index (χ3v) is 5.34. The normalized spacial score (nSPS) is 18.6. The standard InChI is InChI=1S/C17H24BrNO2/c1-3-6-17(16(20)21)7-9-19(10-8-17)12-14-5-4-13(2)11-15(14)18/h4-5,11H,3,6-10,12H2,1-2H3,(H,20,21). The quantitative estimate of drug-likeness (QED) is 0.861. The maximum Gasteiger partial charge on any atom is 0.309 e. The van der Waals surface area contributed by atoms with Crippen LogP contribution in [0.25, 0.3) is 0 Å². The SMILES string of the molecule is CCCC1(C(=O)O)CCN(Cc2ccc(C)cc2Br)CC1. The van der Waals surface area contributed by atoms with Gasteiger partial charge in [-0.2, -0.15) is 0 Å². The number of benzene rings is 1. The Kier molecular flexibility index (Phi) is 5.44. The van der Waals surface area contributed by atoms with Gasteiger partial charge >= 0.3 is 5.97 Å². The van der Waals surface area contributed by atoms with Crippen LogP contribution < -0.4 is 0 Å². The summed E-state index contributed by atoms with van der Waals surface area (Å²) in [6.07, 6.45) is 3.26. The van der Waals surface area contributed by atoms with Gasteiger partial charge in [-0.3, -0.25) is 9.69 Å². The molecule has 1 heterocycles. The molecule has 1 aromatic carbocycles. The highest BCUT2D eigenvalue weighted by Crippen LogP contribution is 2.37. The molecule has 1 saturated heterocycles. The van der Waals surface area contributed by atoms with Crippen molar-refractivity contribution >= 4 is 21.9 Å². The Labute approximate surface area is 135 Å². The molecule has 1 aliphatic rings. The van der Waals surface area contributed by atoms with Gasteiger partial charge in [0.15, 0.2) is 0 Å². The van der Waals surface area contributed by atoms with Crippen LogP contribution in [0, 0.1) is 12.3 Å². The van der Waals surface area contributed by atoms with E-state index in [9.17, 15) is 9.90 Å². The highest BCUT2D eigenvalue weighted by Gasteiger charge is 2.40. The molecule has 21 heavy (non-hydrogen) atoms. The van der Waals surface area contributed by atoms with Gasteiger partial charge in [0.05, 0.1) is 5.41 Å². The van der Waals surface area contributed by atoms with Crippen LogP contribution >= 0.6 is 15.9 Å². The molecule has 0 radical (unpaired) electrons. The zero-order valence-electron chi connectivity index (χ0n) is 12.9. The van der Waals surface area contributed by atoms with E-state index >= 15 is 0 Å². The van der Waals surface area contributed by atoms with E-state index in [1.165, 1.54) is 11.1 Å². The molecule has 0 aliphatic carbocycles. The number of halogens is 1. The molecule has 1 aliphatic heterocycles. The molecule has 1 aromatic rings. The molecule has 0 atom stereocenters. The van der Waals surface area contributed by atoms with E-state index in [1.807, 2.05) is 0 Å². The number of carboxylic acid groups (broad SMARTS) is 1. The first kappa shape index (κ1) is 16.5. The number of carbonyl (C=O) groups is 1. The Morgan fingerprint density at radius 2 is 2.05 bits per heavy atom. The summed E-state index contributed by atoms with van der Waals surface area (Å²) in [6, 6.07) is 6.42. The molecular formula is C17H24BrNO2. The van der Waals surface area contributed by atoms with Gasteiger partial charge in [0, 0.05) is 11.0 Å². The summed E-state index contributed by atoms with van der Waals surface area (Å²) in [4.78, 5) is 14.0. The second-order valence-electron chi connectivity index (χ2n) is 6.21. The lowest BCUT2D eigenvalue weighted by atomic mass is 9.75. The van der Waals surface area contributed by atoms with E-state index < -0.39 is 11.4 Å². The Hall–Kier alpha value is -0.870. The molecule has 1 N–H and O–H groups in total. The average Bonchev–Trinajstić information content (AvgIpc) is 2.44. The number of carboxylic acids is 1. The number of aryl methyl sites for hydroxylation is 1. The van der Waals surface area contributed by atoms with Gasteiger partial charge in [-0.15, -0.1) is 0 Å². The fourth-order valence-corrected chi connectivity index (χ4v) is 3.83. The van der Waals surface area contributed by atoms with Crippen LogP contribution in [0.5, 0.6) is 0 Å². The fourth-order valence-electron chi connectivity index (χ4n) is 3.21. The minimum Gasteiger partial charge on any atom is -0.481 e. The van der Waals surface area contributed by atoms with Crippen LogP contribution in [0.4, 0.5) is 0 Å². The van der Waals surface area contributed by atoms with Gasteiger partial charge in [-0.25, -0.2) is 0 Å². The Bertz CT molecular complexity index is 508. The zero-order valence-corrected chi connectivity index (χ0v) is 14.4. The number of hydrogen-bond acceptors (Lipinski definition) is 2. The van der Waals surface area contributed by atoms with Crippen LogP contribution in [0.15, 0.2) is 22.7 Å². The second-order valence-corrected chi connectivity index (χ2v) is 7.06. The van der Waals surface area contributed by atoms with Crippen molar-refractivity contribution in [3.63, 3.8) is 0 Å². The third kappa shape index (κ3) is 3.86. The Morgan fingerprint density at radius 1 is 1.38 bits per heavy atom. The molecule has 3 nitrogen and oxygen atoms in total. The fraction of sp³-hybridized carbons (Fsp3) is 0.588. The molecule has 0 bridgehead atoms. The number of aliphatic carboxylic acids is 1. The smallest absolute Gasteiger partial charge is 0.309 e. The lowest BCUT2D eigenvalue weighted by molar-refractivity contribution is -0.152. The van der Waals surface area contributed by atoms with Gasteiger partial charge in [-0.05, 0) is 56.5 Å². The zero-order chi connectivity index (χ0) is 15.5. The maximum absolute atomic E-state index is 11.6. The monoisotopic (exact) mass is 353 g/mol. The average molecular weight is 354 g/mol. The second kappa shape index (κ2) is 6.93. The summed E-state index contributed by atoms with van der Waals surface area (Å²) in [7, 11) is 0. The van der Waals surface area contributed by atoms with Crippen LogP contribution in [-0.4, -0.2) is 29.1 Å². The van der Waals surface area contributed by atoms with Crippen molar-refractivity contribution in [2.75, 3.05) is 13.1 Å². The first-order chi connectivity index (χ1) is 9.97. The van der Waals surface area contributed by atoms with Crippen molar-refractivity contribution in [3.05, 3.63) is 33.8 Å². The van der Waals surface area contributed by atoms with E-state index in [-0.39, 0.29) is 0 Å². The summed E-state index contributed by atoms with van der Waals surface area (Å²) in [5.41, 5.74) is 2.03. The topological polar surface area (TPSA) is 40.5 Å². The molecule has 0 spiro atoms. The van der Waals surface area contributed by atoms with Crippen LogP contribution in [0.1, 0.15) is 43.7 Å². The molecule has 0 saturated carbocycles. The Balaban J connectivity index is 1.99. The summed E-state index contributed by atoms with van der Waals surface area (Å²) in [6.45, 7) is 6.78. The van der Waals surface area contributed by atoms with Gasteiger partial charge in [0.1, 0.15) is 0 Å². The predicted molar refractivity (Wildman–Crippen MR) is 88.4 cm³/mol. The van der Waals surface area contributed by atoms with Crippen molar-refractivity contribution in [1.82, 2.24) is 4.90 Å². The molecule has 2 rings (SSSR count). The summed E-state index contributed by atoms with van der Waals surface area (Å²) < 4.78 is 1.14. The minimum atomic E-state index is -0.611. The number of nitrogens with zero attached hydrogens (tertiary/aromatic N) is 1. The van der Waals surface area contributed by atoms with Crippen molar-refractivity contribution < 1.29 is 9.90 Å². The molecule has 0 amide bonds. The van der Waals surface area contributed by atoms with Crippen LogP contribution in [0.2, 0.25) is 0 Å². The van der Waals surface area contributed by atoms with Crippen molar-refractivity contribution in [2.45, 2.75) is 46.1 Å². The largest absolute Gasteiger partial charge is 0.481 e. The highest BCUT2D eigenvalue weighted by atomic mass is 79.9. The van der Waals surface area contributed by atoms with Crippen LogP contribution in [-0.2, 0) is 11.3 Å². The highest BCUT2D eigenvalue weighted by molar-refractivity contribution is 9.10. The summed E-state index contributed by atoms with van der Waals surface area (Å²) >= 11 is 3.62. The lowest BCUT2D eigenvalue weighted by Crippen LogP contribution is -2.44. The first-order valence-corrected chi connectivity index (χ1v) is 8.47. The van der Waals surface area contributed by atoms with E-state index in [2.05, 4.69) is 52.9 Å². The molecule has 0 unspecified atom stereocenters. The van der Waals surface area contributed by atoms with Gasteiger partial charge < -0.3 is 5.11 Å². The number of likely N-dealkylation sites (tertiary alicyclic amines) is 1. The van der Waals surface area contributed by atoms with Crippen molar-refractivity contribution in [1.29, 1.82) is 0 Å². The molecular weight excluding hydrogens is 330 g/mol. The van der Waals surface area contributed by atoms with E-state index in [0.29, 0.717) is 0 Å². The molecule has 116 valence electrons. The summed E-state index contributed by atoms with van der Waals surface area (Å²) in [5, 5.41) is 9.54. The first-order valence-electron chi connectivity index (χ1n) is 7.67. The number of piperidine rings is 1. The number of hydrogen-bond donors (Lipinski definition) is 1. The van der Waals surface area contributed by atoms with Crippen LogP contribution in [0.3, 0.4) is 0 Å². The van der Waals surface area contributed by atoms with Gasteiger partial charge in [0.25, 0.3) is 0 Å². The predicted octanol–water partition coefficient (Wildman–Crippen LogP) is 4.22. The van der Waals surface area contributed by atoms with E-state index in [1.54, 1.807) is 0 Å². The molecule has 0 aromatic heterocycles. The minimum absolute atomic E-state index is 0.490. The van der Waals surface area contributed by atoms with Gasteiger partial charge in [-0.1, -0.05) is 41.4 Å².